The van der Waals surface area contributed by atoms with Crippen molar-refractivity contribution >= 4 is 40.3 Å². The highest BCUT2D eigenvalue weighted by Crippen LogP contribution is 2.45. The number of hydrogen-bond acceptors (Lipinski definition) is 11. The number of thioether (sulfide) groups is 1. The number of fused-ring (bicyclic) bond motifs is 2. The Morgan fingerprint density at radius 2 is 1.61 bits per heavy atom. The van der Waals surface area contributed by atoms with Crippen molar-refractivity contribution in [3.63, 3.8) is 0 Å². The van der Waals surface area contributed by atoms with Gasteiger partial charge in [0, 0.05) is 56.7 Å². The van der Waals surface area contributed by atoms with Crippen LogP contribution in [0.15, 0.2) is 75.8 Å². The Balaban J connectivity index is 1.02. The van der Waals surface area contributed by atoms with Gasteiger partial charge in [-0.05, 0) is 89.1 Å². The highest BCUT2D eigenvalue weighted by molar-refractivity contribution is 8.03. The maximum absolute atomic E-state index is 12.6. The summed E-state index contributed by atoms with van der Waals surface area (Å²) in [5.74, 6) is 0.0883. The number of ether oxygens (including phenoxy) is 5. The monoisotopic (exact) mass is 936 g/mol. The average molecular weight is 936 g/mol. The molecule has 1 aliphatic rings. The van der Waals surface area contributed by atoms with Crippen LogP contribution in [0, 0.1) is 5.53 Å². The largest absolute Gasteiger partial charge is 0.379 e. The van der Waals surface area contributed by atoms with Crippen molar-refractivity contribution in [2.75, 3.05) is 112 Å². The van der Waals surface area contributed by atoms with E-state index in [1.165, 1.54) is 32.1 Å². The fraction of sp³-hybridized carbons (Fsp3) is 0.654. The molecule has 0 radical (unpaired) electrons. The minimum atomic E-state index is -0.384. The first kappa shape index (κ1) is 55.1. The van der Waals surface area contributed by atoms with Gasteiger partial charge in [-0.2, -0.15) is 9.68 Å². The maximum atomic E-state index is 12.6. The summed E-state index contributed by atoms with van der Waals surface area (Å²) in [7, 11) is 6.80. The second-order valence-corrected chi connectivity index (χ2v) is 20.1. The van der Waals surface area contributed by atoms with Gasteiger partial charge < -0.3 is 43.7 Å². The third-order valence-corrected chi connectivity index (χ3v) is 13.6. The molecule has 14 heteroatoms. The number of carbonyl (C=O) groups is 1. The molecular formula is C52H85N7O6S+2. The molecule has 368 valence electrons. The molecule has 1 aromatic heterocycles. The summed E-state index contributed by atoms with van der Waals surface area (Å²) in [5.41, 5.74) is 10.6. The smallest absolute Gasteiger partial charge is 0.220 e. The van der Waals surface area contributed by atoms with Crippen LogP contribution in [0.4, 0.5) is 5.69 Å². The van der Waals surface area contributed by atoms with Crippen LogP contribution in [-0.2, 0) is 35.0 Å². The maximum Gasteiger partial charge on any atom is 0.220 e. The van der Waals surface area contributed by atoms with E-state index in [0.29, 0.717) is 72.3 Å². The van der Waals surface area contributed by atoms with Gasteiger partial charge in [0.05, 0.1) is 107 Å². The van der Waals surface area contributed by atoms with E-state index < -0.39 is 0 Å². The normalized spacial score (nSPS) is 15.0. The number of quaternary nitrogens is 1. The molecule has 13 nitrogen and oxygen atoms in total. The van der Waals surface area contributed by atoms with Crippen LogP contribution in [-0.4, -0.2) is 134 Å². The number of anilines is 1. The fourth-order valence-electron chi connectivity index (χ4n) is 7.84. The minimum absolute atomic E-state index is 0.0883. The van der Waals surface area contributed by atoms with E-state index >= 15 is 0 Å². The molecule has 2 atom stereocenters. The van der Waals surface area contributed by atoms with Crippen LogP contribution >= 0.6 is 11.8 Å². The zero-order chi connectivity index (χ0) is 47.7. The number of hydrogen-bond donors (Lipinski definition) is 3. The molecule has 2 heterocycles. The molecule has 3 aromatic rings. The van der Waals surface area contributed by atoms with Crippen LogP contribution < -0.4 is 20.1 Å². The Bertz CT molecular complexity index is 1910. The lowest BCUT2D eigenvalue weighted by Gasteiger charge is -2.32. The Kier molecular flexibility index (Phi) is 24.6. The lowest BCUT2D eigenvalue weighted by molar-refractivity contribution is -0.892. The fourth-order valence-corrected chi connectivity index (χ4v) is 8.95. The second-order valence-electron chi connectivity index (χ2n) is 19.1. The molecule has 66 heavy (non-hydrogen) atoms. The number of para-hydroxylation sites is 2. The predicted molar refractivity (Wildman–Crippen MR) is 269 cm³/mol. The number of carbonyl (C=O) groups excluding carboxylic acids is 1. The van der Waals surface area contributed by atoms with E-state index in [1.807, 2.05) is 11.8 Å². The number of aryl methyl sites for hydroxylation is 1. The third-order valence-electron chi connectivity index (χ3n) is 12.4. The molecule has 1 amide bonds. The van der Waals surface area contributed by atoms with E-state index in [4.69, 9.17) is 29.2 Å². The molecule has 4 rings (SSSR count). The summed E-state index contributed by atoms with van der Waals surface area (Å²) in [6, 6.07) is 19.3. The van der Waals surface area contributed by atoms with E-state index in [1.54, 1.807) is 0 Å². The average Bonchev–Trinajstić information content (AvgIpc) is 3.62. The number of pyridine rings is 1. The van der Waals surface area contributed by atoms with Crippen LogP contribution in [0.2, 0.25) is 0 Å². The van der Waals surface area contributed by atoms with Crippen LogP contribution in [0.5, 0.6) is 0 Å². The number of benzene rings is 2. The number of rotatable bonds is 36. The van der Waals surface area contributed by atoms with Crippen LogP contribution in [0.25, 0.3) is 17.0 Å². The highest BCUT2D eigenvalue weighted by Gasteiger charge is 2.26. The van der Waals surface area contributed by atoms with E-state index in [9.17, 15) is 4.79 Å². The van der Waals surface area contributed by atoms with Crippen LogP contribution in [0.1, 0.15) is 98.0 Å². The second kappa shape index (κ2) is 29.4. The molecular weight excluding hydrogens is 851 g/mol. The van der Waals surface area contributed by atoms with Gasteiger partial charge in [-0.1, -0.05) is 56.3 Å². The van der Waals surface area contributed by atoms with Crippen molar-refractivity contribution < 1.29 is 37.5 Å². The van der Waals surface area contributed by atoms with Crippen molar-refractivity contribution in [2.24, 2.45) is 5.11 Å². The lowest BCUT2D eigenvalue weighted by atomic mass is 10.0. The molecule has 3 N–H and O–H groups in total. The molecule has 1 aliphatic heterocycles. The zero-order valence-electron chi connectivity index (χ0n) is 41.8. The Morgan fingerprint density at radius 1 is 0.879 bits per heavy atom. The van der Waals surface area contributed by atoms with Crippen molar-refractivity contribution in [1.82, 2.24) is 10.6 Å². The first-order valence-electron chi connectivity index (χ1n) is 24.6. The molecule has 0 fully saturated rings. The Morgan fingerprint density at radius 3 is 2.36 bits per heavy atom. The summed E-state index contributed by atoms with van der Waals surface area (Å²) in [4.78, 5) is 16.2. The van der Waals surface area contributed by atoms with Gasteiger partial charge in [0.15, 0.2) is 12.7 Å². The summed E-state index contributed by atoms with van der Waals surface area (Å²) < 4.78 is 32.6. The molecule has 2 unspecified atom stereocenters. The van der Waals surface area contributed by atoms with Crippen LogP contribution in [0.3, 0.4) is 0 Å². The quantitative estimate of drug-likeness (QED) is 0.0226. The molecule has 2 aromatic carbocycles. The van der Waals surface area contributed by atoms with Crippen molar-refractivity contribution in [3.05, 3.63) is 71.4 Å². The number of nitrogens with zero attached hydrogens (tertiary/aromatic N) is 4. The zero-order valence-corrected chi connectivity index (χ0v) is 42.7. The first-order chi connectivity index (χ1) is 31.8. The Labute approximate surface area is 401 Å². The predicted octanol–water partition coefficient (Wildman–Crippen LogP) is 9.02. The summed E-state index contributed by atoms with van der Waals surface area (Å²) in [6.07, 6.45) is 13.0. The highest BCUT2D eigenvalue weighted by atomic mass is 32.2. The van der Waals surface area contributed by atoms with Crippen molar-refractivity contribution in [3.8, 4) is 0 Å². The first-order valence-corrected chi connectivity index (χ1v) is 25.4. The van der Waals surface area contributed by atoms with Gasteiger partial charge in [0.25, 0.3) is 0 Å². The number of unbranched alkanes of at least 4 members (excludes halogenated alkanes) is 3. The molecule has 0 bridgehead atoms. The van der Waals surface area contributed by atoms with Gasteiger partial charge in [0.2, 0.25) is 11.4 Å². The molecule has 0 aliphatic carbocycles. The molecule has 0 saturated heterocycles. The summed E-state index contributed by atoms with van der Waals surface area (Å²) in [5, 5.41) is 12.7. The van der Waals surface area contributed by atoms with Gasteiger partial charge in [-0.3, -0.25) is 4.79 Å². The topological polar surface area (TPSA) is 131 Å². The number of amides is 1. The Hall–Kier alpha value is -3.47. The van der Waals surface area contributed by atoms with E-state index in [2.05, 4.69) is 148 Å². The van der Waals surface area contributed by atoms with Gasteiger partial charge in [0.1, 0.15) is 6.04 Å². The van der Waals surface area contributed by atoms with Gasteiger partial charge >= 0.3 is 0 Å². The minimum Gasteiger partial charge on any atom is -0.379 e. The van der Waals surface area contributed by atoms with E-state index in [-0.39, 0.29) is 23.2 Å². The van der Waals surface area contributed by atoms with Gasteiger partial charge in [-0.25, -0.2) is 5.53 Å². The van der Waals surface area contributed by atoms with Gasteiger partial charge in [-0.15, -0.1) is 0 Å². The number of aromatic nitrogens is 1. The third kappa shape index (κ3) is 20.0. The molecule has 0 spiro atoms. The molecule has 0 saturated carbocycles. The number of nitrogens with one attached hydrogen (secondary N) is 3. The standard InChI is InChI=1S/C52H84N7O6S/c1-9-11-32-61-35-36-62-37-38-63-41-44(56-53)40-54-42-52(5,10-2)65-33-26-51(3,4)64-34-27-55-49(60)24-13-12-18-30-59(7,8)31-19-28-58-29-25-43(45-20-14-15-21-46(45)58)39-50-57(6)47-22-16-17-23-48(47)66-50/h14-17,20-23,25,29,39,44,53-54H,9-13,18-19,24,26-28,30-38,40-42H2,1-8H3/q+1/p+1. The lowest BCUT2D eigenvalue weighted by Crippen LogP contribution is -2.44. The SMILES string of the molecule is CCCCOCCOCCOCC(CNCC(C)(CC)OCCC(C)(C)OCCNC(=O)CCCCC[N+](C)(C)CCC[n+]1ccc(C=C2Sc3ccccc3N2C)c2ccccc21)N=N. The van der Waals surface area contributed by atoms with E-state index in [0.717, 1.165) is 82.1 Å². The van der Waals surface area contributed by atoms with Crippen molar-refractivity contribution in [1.29, 1.82) is 5.53 Å². The summed E-state index contributed by atoms with van der Waals surface area (Å²) in [6.45, 7) is 19.6. The summed E-state index contributed by atoms with van der Waals surface area (Å²) >= 11 is 1.83. The van der Waals surface area contributed by atoms with Crippen molar-refractivity contribution in [2.45, 2.75) is 121 Å².